The van der Waals surface area contributed by atoms with Crippen molar-refractivity contribution < 1.29 is 15.0 Å². The zero-order valence-electron chi connectivity index (χ0n) is 9.64. The molecule has 6 nitrogen and oxygen atoms in total. The van der Waals surface area contributed by atoms with Gasteiger partial charge in [0.15, 0.2) is 5.65 Å². The van der Waals surface area contributed by atoms with Crippen LogP contribution in [0.15, 0.2) is 6.07 Å². The van der Waals surface area contributed by atoms with Crippen LogP contribution in [0.1, 0.15) is 21.7 Å². The predicted molar refractivity (Wildman–Crippen MR) is 61.0 cm³/mol. The normalized spacial score (nSPS) is 11.0. The summed E-state index contributed by atoms with van der Waals surface area (Å²) in [6.07, 6.45) is 0. The van der Waals surface area contributed by atoms with E-state index in [1.807, 2.05) is 0 Å². The van der Waals surface area contributed by atoms with E-state index in [9.17, 15) is 4.79 Å². The lowest BCUT2D eigenvalue weighted by Crippen LogP contribution is -2.06. The molecule has 0 radical (unpaired) electrons. The number of aliphatic hydroxyl groups excluding tert-OH is 1. The molecule has 0 aliphatic heterocycles. The third-order valence-corrected chi connectivity index (χ3v) is 2.55. The molecular weight excluding hydrogens is 222 g/mol. The fraction of sp³-hybridized carbons (Fsp3) is 0.364. The average Bonchev–Trinajstić information content (AvgIpc) is 2.55. The molecule has 0 saturated carbocycles. The van der Waals surface area contributed by atoms with Gasteiger partial charge >= 0.3 is 5.97 Å². The largest absolute Gasteiger partial charge is 0.478 e. The van der Waals surface area contributed by atoms with Crippen molar-refractivity contribution in [2.24, 2.45) is 0 Å². The molecule has 6 heteroatoms. The minimum absolute atomic E-state index is 0.0613. The summed E-state index contributed by atoms with van der Waals surface area (Å²) >= 11 is 0. The zero-order chi connectivity index (χ0) is 12.6. The first kappa shape index (κ1) is 11.5. The van der Waals surface area contributed by atoms with Gasteiger partial charge < -0.3 is 10.2 Å². The van der Waals surface area contributed by atoms with E-state index in [1.54, 1.807) is 13.8 Å². The number of nitrogens with zero attached hydrogens (tertiary/aromatic N) is 3. The lowest BCUT2D eigenvalue weighted by atomic mass is 10.1. The molecule has 2 aromatic heterocycles. The number of aliphatic hydroxyl groups is 1. The van der Waals surface area contributed by atoms with Gasteiger partial charge in [0.1, 0.15) is 0 Å². The number of fused-ring (bicyclic) bond motifs is 1. The number of aromatic nitrogens is 3. The fourth-order valence-corrected chi connectivity index (χ4v) is 1.90. The first-order valence-corrected chi connectivity index (χ1v) is 5.23. The quantitative estimate of drug-likeness (QED) is 0.819. The molecule has 0 aliphatic carbocycles. The molecule has 0 amide bonds. The summed E-state index contributed by atoms with van der Waals surface area (Å²) in [5.74, 6) is -0.993. The molecule has 2 N–H and O–H groups in total. The van der Waals surface area contributed by atoms with Gasteiger partial charge in [-0.1, -0.05) is 0 Å². The molecule has 0 atom stereocenters. The molecule has 0 spiro atoms. The monoisotopic (exact) mass is 235 g/mol. The Bertz CT molecular complexity index is 589. The zero-order valence-corrected chi connectivity index (χ0v) is 9.64. The second-order valence-corrected chi connectivity index (χ2v) is 3.85. The molecule has 0 unspecified atom stereocenters. The van der Waals surface area contributed by atoms with E-state index < -0.39 is 5.97 Å². The number of hydrogen-bond donors (Lipinski definition) is 2. The van der Waals surface area contributed by atoms with Crippen LogP contribution in [0, 0.1) is 13.8 Å². The molecule has 0 saturated heterocycles. The lowest BCUT2D eigenvalue weighted by Gasteiger charge is -2.02. The maximum atomic E-state index is 11.2. The van der Waals surface area contributed by atoms with E-state index in [2.05, 4.69) is 10.1 Å². The summed E-state index contributed by atoms with van der Waals surface area (Å²) in [6, 6.07) is 1.53. The van der Waals surface area contributed by atoms with E-state index in [0.29, 0.717) is 29.0 Å². The van der Waals surface area contributed by atoms with Gasteiger partial charge in [-0.05, 0) is 19.9 Å². The van der Waals surface area contributed by atoms with Crippen LogP contribution in [0.3, 0.4) is 0 Å². The minimum Gasteiger partial charge on any atom is -0.478 e. The van der Waals surface area contributed by atoms with Crippen molar-refractivity contribution in [3.8, 4) is 0 Å². The third kappa shape index (κ3) is 1.87. The number of carbonyl (C=O) groups is 1. The lowest BCUT2D eigenvalue weighted by molar-refractivity contribution is 0.0698. The standard InChI is InChI=1S/C11H13N3O3/c1-6-5-8(11(16)17)9-7(2)13-14(3-4-15)10(9)12-6/h5,15H,3-4H2,1-2H3,(H,16,17). The van der Waals surface area contributed by atoms with Gasteiger partial charge in [0, 0.05) is 5.69 Å². The Labute approximate surface area is 97.5 Å². The van der Waals surface area contributed by atoms with Crippen LogP contribution >= 0.6 is 0 Å². The second kappa shape index (κ2) is 4.14. The smallest absolute Gasteiger partial charge is 0.336 e. The highest BCUT2D eigenvalue weighted by molar-refractivity contribution is 6.02. The van der Waals surface area contributed by atoms with E-state index in [0.717, 1.165) is 0 Å². The van der Waals surface area contributed by atoms with Crippen LogP contribution in [0.4, 0.5) is 0 Å². The summed E-state index contributed by atoms with van der Waals surface area (Å²) in [4.78, 5) is 15.5. The predicted octanol–water partition coefficient (Wildman–Crippen LogP) is 0.739. The van der Waals surface area contributed by atoms with Crippen LogP contribution in [0.5, 0.6) is 0 Å². The Hall–Kier alpha value is -1.95. The van der Waals surface area contributed by atoms with Crippen molar-refractivity contribution in [3.63, 3.8) is 0 Å². The summed E-state index contributed by atoms with van der Waals surface area (Å²) in [5.41, 5.74) is 1.94. The Morgan fingerprint density at radius 3 is 2.76 bits per heavy atom. The maximum absolute atomic E-state index is 11.2. The SMILES string of the molecule is Cc1cc(C(=O)O)c2c(C)nn(CCO)c2n1. The summed E-state index contributed by atoms with van der Waals surface area (Å²) < 4.78 is 1.53. The van der Waals surface area contributed by atoms with Crippen molar-refractivity contribution in [1.82, 2.24) is 14.8 Å². The van der Waals surface area contributed by atoms with Gasteiger partial charge in [-0.15, -0.1) is 0 Å². The summed E-state index contributed by atoms with van der Waals surface area (Å²) in [7, 11) is 0. The van der Waals surface area contributed by atoms with Crippen LogP contribution in [0.2, 0.25) is 0 Å². The molecule has 2 rings (SSSR count). The van der Waals surface area contributed by atoms with Crippen LogP contribution < -0.4 is 0 Å². The van der Waals surface area contributed by atoms with Crippen molar-refractivity contribution in [3.05, 3.63) is 23.0 Å². The van der Waals surface area contributed by atoms with Gasteiger partial charge in [0.05, 0.1) is 29.8 Å². The van der Waals surface area contributed by atoms with E-state index in [4.69, 9.17) is 10.2 Å². The number of aromatic carboxylic acids is 1. The highest BCUT2D eigenvalue weighted by atomic mass is 16.4. The number of carboxylic acid groups (broad SMARTS) is 1. The van der Waals surface area contributed by atoms with Gasteiger partial charge in [-0.25, -0.2) is 14.5 Å². The topological polar surface area (TPSA) is 88.2 Å². The van der Waals surface area contributed by atoms with Gasteiger partial charge in [0.25, 0.3) is 0 Å². The Morgan fingerprint density at radius 2 is 2.18 bits per heavy atom. The number of carboxylic acids is 1. The molecular formula is C11H13N3O3. The third-order valence-electron chi connectivity index (χ3n) is 2.55. The number of aryl methyl sites for hydroxylation is 2. The first-order valence-electron chi connectivity index (χ1n) is 5.23. The van der Waals surface area contributed by atoms with Crippen LogP contribution in [-0.4, -0.2) is 37.6 Å². The Kier molecular flexibility index (Phi) is 2.81. The van der Waals surface area contributed by atoms with Crippen molar-refractivity contribution >= 4 is 17.0 Å². The van der Waals surface area contributed by atoms with Gasteiger partial charge in [0.2, 0.25) is 0 Å². The highest BCUT2D eigenvalue weighted by Gasteiger charge is 2.17. The fourth-order valence-electron chi connectivity index (χ4n) is 1.90. The van der Waals surface area contributed by atoms with Crippen molar-refractivity contribution in [2.75, 3.05) is 6.61 Å². The van der Waals surface area contributed by atoms with Crippen LogP contribution in [0.25, 0.3) is 11.0 Å². The average molecular weight is 235 g/mol. The number of pyridine rings is 1. The molecule has 2 heterocycles. The molecule has 90 valence electrons. The molecule has 0 aliphatic rings. The maximum Gasteiger partial charge on any atom is 0.336 e. The molecule has 0 fully saturated rings. The van der Waals surface area contributed by atoms with E-state index >= 15 is 0 Å². The Balaban J connectivity index is 2.80. The number of rotatable bonds is 3. The van der Waals surface area contributed by atoms with Crippen molar-refractivity contribution in [1.29, 1.82) is 0 Å². The van der Waals surface area contributed by atoms with Gasteiger partial charge in [-0.3, -0.25) is 0 Å². The second-order valence-electron chi connectivity index (χ2n) is 3.85. The molecule has 0 aromatic carbocycles. The summed E-state index contributed by atoms with van der Waals surface area (Å²) in [5, 5.41) is 22.8. The molecule has 0 bridgehead atoms. The van der Waals surface area contributed by atoms with Crippen molar-refractivity contribution in [2.45, 2.75) is 20.4 Å². The van der Waals surface area contributed by atoms with Gasteiger partial charge in [-0.2, -0.15) is 5.10 Å². The number of hydrogen-bond acceptors (Lipinski definition) is 4. The minimum atomic E-state index is -0.993. The van der Waals surface area contributed by atoms with Crippen LogP contribution in [-0.2, 0) is 6.54 Å². The molecule has 2 aromatic rings. The first-order chi connectivity index (χ1) is 8.04. The van der Waals surface area contributed by atoms with E-state index in [-0.39, 0.29) is 12.2 Å². The summed E-state index contributed by atoms with van der Waals surface area (Å²) in [6.45, 7) is 3.71. The Morgan fingerprint density at radius 1 is 1.47 bits per heavy atom. The molecule has 17 heavy (non-hydrogen) atoms. The van der Waals surface area contributed by atoms with E-state index in [1.165, 1.54) is 10.7 Å². The highest BCUT2D eigenvalue weighted by Crippen LogP contribution is 2.22.